The Morgan fingerprint density at radius 2 is 1.44 bits per heavy atom. The highest BCUT2D eigenvalue weighted by Gasteiger charge is 2.03. The van der Waals surface area contributed by atoms with E-state index in [1.165, 1.54) is 0 Å². The summed E-state index contributed by atoms with van der Waals surface area (Å²) in [6, 6.07) is 0. The molecule has 0 spiro atoms. The van der Waals surface area contributed by atoms with Crippen molar-refractivity contribution in [3.05, 3.63) is 0 Å². The van der Waals surface area contributed by atoms with Gasteiger partial charge >= 0.3 is 0 Å². The van der Waals surface area contributed by atoms with Crippen LogP contribution in [0.4, 0.5) is 0 Å². The number of hydrogen-bond donors (Lipinski definition) is 1. The lowest BCUT2D eigenvalue weighted by molar-refractivity contribution is -0.159. The van der Waals surface area contributed by atoms with Gasteiger partial charge in [-0.2, -0.15) is 0 Å². The molecule has 5 nitrogen and oxygen atoms in total. The molecule has 98 valence electrons. The van der Waals surface area contributed by atoms with E-state index in [2.05, 4.69) is 0 Å². The van der Waals surface area contributed by atoms with Gasteiger partial charge in [-0.3, -0.25) is 0 Å². The van der Waals surface area contributed by atoms with Crippen LogP contribution in [0.15, 0.2) is 0 Å². The van der Waals surface area contributed by atoms with E-state index in [0.717, 1.165) is 0 Å². The van der Waals surface area contributed by atoms with Gasteiger partial charge in [0, 0.05) is 0 Å². The van der Waals surface area contributed by atoms with E-state index in [9.17, 15) is 0 Å². The highest BCUT2D eigenvalue weighted by molar-refractivity contribution is 4.40. The number of ether oxygens (including phenoxy) is 4. The fraction of sp³-hybridized carbons (Fsp3) is 1.00. The average Bonchev–Trinajstić information content (AvgIpc) is 2.21. The lowest BCUT2D eigenvalue weighted by Crippen LogP contribution is -2.20. The first-order valence-electron chi connectivity index (χ1n) is 5.70. The van der Waals surface area contributed by atoms with Crippen LogP contribution in [-0.2, 0) is 18.9 Å². The molecule has 0 amide bonds. The summed E-state index contributed by atoms with van der Waals surface area (Å²) in [6.45, 7) is 8.25. The van der Waals surface area contributed by atoms with Crippen LogP contribution in [0, 0.1) is 0 Å². The van der Waals surface area contributed by atoms with Gasteiger partial charge in [-0.25, -0.2) is 0 Å². The predicted molar refractivity (Wildman–Crippen MR) is 60.4 cm³/mol. The van der Waals surface area contributed by atoms with E-state index in [1.54, 1.807) is 0 Å². The van der Waals surface area contributed by atoms with Crippen LogP contribution in [0.2, 0.25) is 0 Å². The highest BCUT2D eigenvalue weighted by Crippen LogP contribution is 1.98. The van der Waals surface area contributed by atoms with Crippen LogP contribution in [0.25, 0.3) is 0 Å². The van der Waals surface area contributed by atoms with E-state index in [0.29, 0.717) is 33.0 Å². The summed E-state index contributed by atoms with van der Waals surface area (Å²) >= 11 is 0. The molecule has 0 heterocycles. The van der Waals surface area contributed by atoms with Crippen LogP contribution in [-0.4, -0.2) is 57.1 Å². The van der Waals surface area contributed by atoms with Crippen molar-refractivity contribution in [2.45, 2.75) is 33.2 Å². The quantitative estimate of drug-likeness (QED) is 0.425. The molecule has 0 rings (SSSR count). The van der Waals surface area contributed by atoms with Gasteiger partial charge in [0.1, 0.15) is 0 Å². The van der Waals surface area contributed by atoms with Crippen molar-refractivity contribution < 1.29 is 24.1 Å². The van der Waals surface area contributed by atoms with E-state index >= 15 is 0 Å². The van der Waals surface area contributed by atoms with Gasteiger partial charge in [0.15, 0.2) is 6.29 Å². The second kappa shape index (κ2) is 11.3. The van der Waals surface area contributed by atoms with Crippen LogP contribution < -0.4 is 0 Å². The molecule has 0 aromatic heterocycles. The van der Waals surface area contributed by atoms with Crippen molar-refractivity contribution in [2.24, 2.45) is 0 Å². The van der Waals surface area contributed by atoms with E-state index in [1.807, 2.05) is 20.8 Å². The SMILES string of the molecule is CC(C)OC(C)OCCOCCOCCO. The van der Waals surface area contributed by atoms with Gasteiger partial charge in [-0.1, -0.05) is 0 Å². The molecule has 0 bridgehead atoms. The Bertz CT molecular complexity index is 140. The molecule has 1 N–H and O–H groups in total. The first-order valence-corrected chi connectivity index (χ1v) is 5.70. The Morgan fingerprint density at radius 3 is 2.00 bits per heavy atom. The van der Waals surface area contributed by atoms with Gasteiger partial charge in [-0.05, 0) is 20.8 Å². The zero-order valence-electron chi connectivity index (χ0n) is 10.5. The molecule has 0 aliphatic heterocycles. The second-order valence-electron chi connectivity index (χ2n) is 3.57. The molecular formula is C11H24O5. The minimum atomic E-state index is -0.200. The maximum atomic E-state index is 8.44. The molecule has 0 aromatic carbocycles. The predicted octanol–water partition coefficient (Wildman–Crippen LogP) is 0.799. The maximum Gasteiger partial charge on any atom is 0.155 e. The molecule has 16 heavy (non-hydrogen) atoms. The molecule has 1 atom stereocenters. The van der Waals surface area contributed by atoms with Crippen LogP contribution in [0.3, 0.4) is 0 Å². The molecule has 1 unspecified atom stereocenters. The third-order valence-electron chi connectivity index (χ3n) is 1.65. The van der Waals surface area contributed by atoms with Gasteiger partial charge in [0.2, 0.25) is 0 Å². The lowest BCUT2D eigenvalue weighted by Gasteiger charge is -2.16. The molecule has 0 saturated carbocycles. The third kappa shape index (κ3) is 11.9. The summed E-state index contributed by atoms with van der Waals surface area (Å²) in [5, 5.41) is 8.44. The lowest BCUT2D eigenvalue weighted by atomic mass is 10.5. The minimum absolute atomic E-state index is 0.0488. The standard InChI is InChI=1S/C11H24O5/c1-10(2)16-11(3)15-9-8-14-7-6-13-5-4-12/h10-12H,4-9H2,1-3H3. The topological polar surface area (TPSA) is 57.2 Å². The summed E-state index contributed by atoms with van der Waals surface area (Å²) < 4.78 is 21.0. The van der Waals surface area contributed by atoms with Gasteiger partial charge in [-0.15, -0.1) is 0 Å². The Hall–Kier alpha value is -0.200. The zero-order valence-corrected chi connectivity index (χ0v) is 10.5. The summed E-state index contributed by atoms with van der Waals surface area (Å²) in [5.41, 5.74) is 0. The molecule has 0 radical (unpaired) electrons. The molecule has 0 aliphatic rings. The van der Waals surface area contributed by atoms with Gasteiger partial charge in [0.25, 0.3) is 0 Å². The second-order valence-corrected chi connectivity index (χ2v) is 3.57. The Morgan fingerprint density at radius 1 is 0.875 bits per heavy atom. The van der Waals surface area contributed by atoms with Crippen LogP contribution in [0.1, 0.15) is 20.8 Å². The van der Waals surface area contributed by atoms with E-state index in [4.69, 9.17) is 24.1 Å². The maximum absolute atomic E-state index is 8.44. The van der Waals surface area contributed by atoms with Crippen molar-refractivity contribution in [1.82, 2.24) is 0 Å². The fourth-order valence-corrected chi connectivity index (χ4v) is 1.08. The molecule has 0 aliphatic carbocycles. The molecule has 0 saturated heterocycles. The van der Waals surface area contributed by atoms with Crippen molar-refractivity contribution in [3.63, 3.8) is 0 Å². The average molecular weight is 236 g/mol. The number of hydrogen-bond acceptors (Lipinski definition) is 5. The Kier molecular flexibility index (Phi) is 11.1. The van der Waals surface area contributed by atoms with Crippen molar-refractivity contribution in [3.8, 4) is 0 Å². The molecular weight excluding hydrogens is 212 g/mol. The zero-order chi connectivity index (χ0) is 12.2. The minimum Gasteiger partial charge on any atom is -0.394 e. The molecule has 0 aromatic rings. The van der Waals surface area contributed by atoms with Crippen molar-refractivity contribution in [2.75, 3.05) is 39.6 Å². The summed E-state index contributed by atoms with van der Waals surface area (Å²) in [5.74, 6) is 0. The number of rotatable bonds is 11. The summed E-state index contributed by atoms with van der Waals surface area (Å²) in [4.78, 5) is 0. The fourth-order valence-electron chi connectivity index (χ4n) is 1.08. The van der Waals surface area contributed by atoms with Crippen LogP contribution in [0.5, 0.6) is 0 Å². The van der Waals surface area contributed by atoms with Gasteiger partial charge < -0.3 is 24.1 Å². The normalized spacial score (nSPS) is 13.3. The first-order chi connectivity index (χ1) is 7.66. The molecule has 5 heteroatoms. The highest BCUT2D eigenvalue weighted by atomic mass is 16.7. The monoisotopic (exact) mass is 236 g/mol. The third-order valence-corrected chi connectivity index (χ3v) is 1.65. The summed E-state index contributed by atoms with van der Waals surface area (Å²) in [6.07, 6.45) is -0.0305. The smallest absolute Gasteiger partial charge is 0.155 e. The molecule has 0 fully saturated rings. The van der Waals surface area contributed by atoms with Crippen molar-refractivity contribution >= 4 is 0 Å². The van der Waals surface area contributed by atoms with E-state index in [-0.39, 0.29) is 19.0 Å². The van der Waals surface area contributed by atoms with Gasteiger partial charge in [0.05, 0.1) is 45.7 Å². The van der Waals surface area contributed by atoms with E-state index < -0.39 is 0 Å². The Balaban J connectivity index is 3.08. The first kappa shape index (κ1) is 15.8. The summed E-state index contributed by atoms with van der Waals surface area (Å²) in [7, 11) is 0. The van der Waals surface area contributed by atoms with Crippen LogP contribution >= 0.6 is 0 Å². The Labute approximate surface area is 97.6 Å². The van der Waals surface area contributed by atoms with Crippen molar-refractivity contribution in [1.29, 1.82) is 0 Å². The number of aliphatic hydroxyl groups is 1. The largest absolute Gasteiger partial charge is 0.394 e. The number of aliphatic hydroxyl groups excluding tert-OH is 1.